The fraction of sp³-hybridized carbons (Fsp3) is 0.875. The zero-order valence-electron chi connectivity index (χ0n) is 9.26. The highest BCUT2D eigenvalue weighted by Crippen LogP contribution is 2.11. The SMILES string of the molecule is CC(CC(N)=NO)NS(=O)(=O)N1CCCC1. The molecule has 0 aromatic carbocycles. The van der Waals surface area contributed by atoms with Gasteiger partial charge in [-0.05, 0) is 19.8 Å². The maximum Gasteiger partial charge on any atom is 0.279 e. The van der Waals surface area contributed by atoms with Crippen LogP contribution in [0.1, 0.15) is 26.2 Å². The number of nitrogens with one attached hydrogen (secondary N) is 1. The van der Waals surface area contributed by atoms with Crippen molar-refractivity contribution in [3.8, 4) is 0 Å². The molecule has 1 aliphatic rings. The van der Waals surface area contributed by atoms with Crippen molar-refractivity contribution in [2.24, 2.45) is 10.9 Å². The number of rotatable bonds is 5. The maximum absolute atomic E-state index is 11.8. The lowest BCUT2D eigenvalue weighted by molar-refractivity contribution is 0.316. The lowest BCUT2D eigenvalue weighted by Crippen LogP contribution is -2.44. The van der Waals surface area contributed by atoms with Gasteiger partial charge in [-0.25, -0.2) is 0 Å². The Morgan fingerprint density at radius 3 is 2.62 bits per heavy atom. The molecule has 8 heteroatoms. The Hall–Kier alpha value is -0.860. The Bertz CT molecular complexity index is 348. The summed E-state index contributed by atoms with van der Waals surface area (Å²) in [6.07, 6.45) is 1.98. The van der Waals surface area contributed by atoms with Gasteiger partial charge in [-0.1, -0.05) is 5.16 Å². The van der Waals surface area contributed by atoms with Gasteiger partial charge in [0, 0.05) is 25.6 Å². The number of nitrogens with zero attached hydrogens (tertiary/aromatic N) is 2. The number of oxime groups is 1. The highest BCUT2D eigenvalue weighted by Gasteiger charge is 2.26. The first-order chi connectivity index (χ1) is 7.45. The largest absolute Gasteiger partial charge is 0.409 e. The predicted octanol–water partition coefficient (Wildman–Crippen LogP) is -0.558. The van der Waals surface area contributed by atoms with Crippen molar-refractivity contribution in [1.29, 1.82) is 0 Å². The van der Waals surface area contributed by atoms with E-state index in [1.807, 2.05) is 0 Å². The molecule has 0 bridgehead atoms. The van der Waals surface area contributed by atoms with Gasteiger partial charge < -0.3 is 10.9 Å². The monoisotopic (exact) mass is 250 g/mol. The van der Waals surface area contributed by atoms with Crippen LogP contribution in [0.15, 0.2) is 5.16 Å². The summed E-state index contributed by atoms with van der Waals surface area (Å²) in [4.78, 5) is 0. The summed E-state index contributed by atoms with van der Waals surface area (Å²) in [5, 5.41) is 11.2. The third kappa shape index (κ3) is 3.62. The number of hydrogen-bond acceptors (Lipinski definition) is 4. The van der Waals surface area contributed by atoms with Crippen LogP contribution in [0.4, 0.5) is 0 Å². The third-order valence-electron chi connectivity index (χ3n) is 2.40. The fourth-order valence-electron chi connectivity index (χ4n) is 1.65. The molecule has 0 amide bonds. The highest BCUT2D eigenvalue weighted by atomic mass is 32.2. The number of nitrogens with two attached hydrogens (primary N) is 1. The average Bonchev–Trinajstić information content (AvgIpc) is 2.69. The van der Waals surface area contributed by atoms with Crippen molar-refractivity contribution in [1.82, 2.24) is 9.03 Å². The first-order valence-electron chi connectivity index (χ1n) is 5.19. The van der Waals surface area contributed by atoms with Gasteiger partial charge in [0.25, 0.3) is 10.2 Å². The Kier molecular flexibility index (Phi) is 4.51. The van der Waals surface area contributed by atoms with E-state index < -0.39 is 10.2 Å². The summed E-state index contributed by atoms with van der Waals surface area (Å²) in [5.41, 5.74) is 5.30. The van der Waals surface area contributed by atoms with Gasteiger partial charge >= 0.3 is 0 Å². The van der Waals surface area contributed by atoms with Gasteiger partial charge in [0.2, 0.25) is 0 Å². The molecule has 4 N–H and O–H groups in total. The molecule has 1 fully saturated rings. The Morgan fingerprint density at radius 1 is 1.56 bits per heavy atom. The van der Waals surface area contributed by atoms with E-state index in [1.54, 1.807) is 6.92 Å². The Balaban J connectivity index is 2.52. The predicted molar refractivity (Wildman–Crippen MR) is 60.4 cm³/mol. The second-order valence-electron chi connectivity index (χ2n) is 3.93. The molecular weight excluding hydrogens is 232 g/mol. The number of hydrogen-bond donors (Lipinski definition) is 3. The number of amidine groups is 1. The molecule has 0 aliphatic carbocycles. The second kappa shape index (κ2) is 5.46. The van der Waals surface area contributed by atoms with Crippen molar-refractivity contribution >= 4 is 16.0 Å². The molecule has 1 unspecified atom stereocenters. The topological polar surface area (TPSA) is 108 Å². The van der Waals surface area contributed by atoms with Gasteiger partial charge in [0.15, 0.2) is 0 Å². The summed E-state index contributed by atoms with van der Waals surface area (Å²) in [5.74, 6) is 0.0108. The quantitative estimate of drug-likeness (QED) is 0.263. The minimum absolute atomic E-state index is 0.0108. The summed E-state index contributed by atoms with van der Waals surface area (Å²) in [6, 6.07) is -0.387. The van der Waals surface area contributed by atoms with Crippen LogP contribution in [0.2, 0.25) is 0 Å². The van der Waals surface area contributed by atoms with Crippen molar-refractivity contribution in [3.05, 3.63) is 0 Å². The molecule has 0 saturated carbocycles. The zero-order valence-corrected chi connectivity index (χ0v) is 10.1. The zero-order chi connectivity index (χ0) is 12.2. The molecule has 0 aromatic rings. The van der Waals surface area contributed by atoms with Crippen molar-refractivity contribution in [2.45, 2.75) is 32.2 Å². The normalized spacial score (nSPS) is 21.2. The van der Waals surface area contributed by atoms with Gasteiger partial charge in [0.05, 0.1) is 0 Å². The highest BCUT2D eigenvalue weighted by molar-refractivity contribution is 7.87. The average molecular weight is 250 g/mol. The van der Waals surface area contributed by atoms with Crippen molar-refractivity contribution in [2.75, 3.05) is 13.1 Å². The minimum Gasteiger partial charge on any atom is -0.409 e. The summed E-state index contributed by atoms with van der Waals surface area (Å²) < 4.78 is 27.5. The lowest BCUT2D eigenvalue weighted by Gasteiger charge is -2.19. The van der Waals surface area contributed by atoms with Crippen molar-refractivity contribution < 1.29 is 13.6 Å². The molecule has 1 heterocycles. The fourth-order valence-corrected chi connectivity index (χ4v) is 3.13. The molecule has 94 valence electrons. The van der Waals surface area contributed by atoms with Gasteiger partial charge in [-0.3, -0.25) is 0 Å². The molecule has 1 aliphatic heterocycles. The van der Waals surface area contributed by atoms with E-state index >= 15 is 0 Å². The molecule has 1 rings (SSSR count). The van der Waals surface area contributed by atoms with Crippen LogP contribution < -0.4 is 10.5 Å². The lowest BCUT2D eigenvalue weighted by atomic mass is 10.2. The van der Waals surface area contributed by atoms with E-state index in [1.165, 1.54) is 4.31 Å². The molecule has 1 saturated heterocycles. The van der Waals surface area contributed by atoms with Gasteiger partial charge in [0.1, 0.15) is 5.84 Å². The van der Waals surface area contributed by atoms with E-state index in [4.69, 9.17) is 10.9 Å². The van der Waals surface area contributed by atoms with E-state index in [0.29, 0.717) is 13.1 Å². The first kappa shape index (κ1) is 13.2. The van der Waals surface area contributed by atoms with Crippen LogP contribution in [-0.2, 0) is 10.2 Å². The van der Waals surface area contributed by atoms with Crippen LogP contribution in [0.25, 0.3) is 0 Å². The molecular formula is C8H18N4O3S. The van der Waals surface area contributed by atoms with Crippen LogP contribution >= 0.6 is 0 Å². The molecule has 0 radical (unpaired) electrons. The van der Waals surface area contributed by atoms with E-state index in [0.717, 1.165) is 12.8 Å². The smallest absolute Gasteiger partial charge is 0.279 e. The summed E-state index contributed by atoms with van der Waals surface area (Å²) in [7, 11) is -3.42. The molecule has 16 heavy (non-hydrogen) atoms. The summed E-state index contributed by atoms with van der Waals surface area (Å²) >= 11 is 0. The van der Waals surface area contributed by atoms with Crippen LogP contribution in [-0.4, -0.2) is 42.9 Å². The Labute approximate surface area is 95.5 Å². The van der Waals surface area contributed by atoms with Crippen LogP contribution in [0, 0.1) is 0 Å². The molecule has 7 nitrogen and oxygen atoms in total. The minimum atomic E-state index is -3.42. The molecule has 0 aromatic heterocycles. The molecule has 1 atom stereocenters. The molecule has 0 spiro atoms. The van der Waals surface area contributed by atoms with E-state index in [-0.39, 0.29) is 18.3 Å². The Morgan fingerprint density at radius 2 is 2.12 bits per heavy atom. The standard InChI is InChI=1S/C8H18N4O3S/c1-7(6-8(9)10-13)11-16(14,15)12-4-2-3-5-12/h7,11,13H,2-6H2,1H3,(H2,9,10). The third-order valence-corrected chi connectivity index (χ3v) is 4.14. The van der Waals surface area contributed by atoms with Gasteiger partial charge in [-0.15, -0.1) is 0 Å². The van der Waals surface area contributed by atoms with Crippen molar-refractivity contribution in [3.63, 3.8) is 0 Å². The van der Waals surface area contributed by atoms with Crippen LogP contribution in [0.5, 0.6) is 0 Å². The van der Waals surface area contributed by atoms with E-state index in [9.17, 15) is 8.42 Å². The van der Waals surface area contributed by atoms with Crippen LogP contribution in [0.3, 0.4) is 0 Å². The second-order valence-corrected chi connectivity index (χ2v) is 5.63. The maximum atomic E-state index is 11.8. The summed E-state index contributed by atoms with van der Waals surface area (Å²) in [6.45, 7) is 2.79. The van der Waals surface area contributed by atoms with E-state index in [2.05, 4.69) is 9.88 Å². The van der Waals surface area contributed by atoms with Gasteiger partial charge in [-0.2, -0.15) is 17.4 Å². The first-order valence-corrected chi connectivity index (χ1v) is 6.63.